The predicted molar refractivity (Wildman–Crippen MR) is 87.0 cm³/mol. The highest BCUT2D eigenvalue weighted by molar-refractivity contribution is 5.14. The summed E-state index contributed by atoms with van der Waals surface area (Å²) in [5.41, 5.74) is 1.13. The third kappa shape index (κ3) is 1.73. The van der Waals surface area contributed by atoms with E-state index >= 15 is 0 Å². The highest BCUT2D eigenvalue weighted by atomic mass is 15.0. The van der Waals surface area contributed by atoms with E-state index < -0.39 is 0 Å². The maximum Gasteiger partial charge on any atom is 0.0178 e. The molecular weight excluding hydrogens is 254 g/mol. The maximum absolute atomic E-state index is 4.32. The van der Waals surface area contributed by atoms with Crippen molar-refractivity contribution in [1.82, 2.24) is 5.32 Å². The van der Waals surface area contributed by atoms with Crippen LogP contribution in [0, 0.1) is 40.4 Å². The van der Waals surface area contributed by atoms with Gasteiger partial charge in [-0.05, 0) is 91.8 Å². The fraction of sp³-hybridized carbons (Fsp3) is 1.00. The standard InChI is InChI=1S/C20H33N/c1-19(2)16-4-5-20(3,11-16)18(19)21-17-14-7-12-6-13(9-14)10-15(17)8-12/h12-18,21H,4-11H2,1-3H3/t12?,13?,14?,15?,16-,17?,18?,20+/m0/s1. The van der Waals surface area contributed by atoms with Crippen molar-refractivity contribution < 1.29 is 0 Å². The highest BCUT2D eigenvalue weighted by Gasteiger charge is 2.60. The van der Waals surface area contributed by atoms with Crippen LogP contribution in [0.2, 0.25) is 0 Å². The van der Waals surface area contributed by atoms with Crippen molar-refractivity contribution in [2.24, 2.45) is 40.4 Å². The molecule has 0 saturated heterocycles. The smallest absolute Gasteiger partial charge is 0.0178 e. The lowest BCUT2D eigenvalue weighted by Crippen LogP contribution is -2.61. The lowest BCUT2D eigenvalue weighted by atomic mass is 9.53. The van der Waals surface area contributed by atoms with Crippen LogP contribution in [0.4, 0.5) is 0 Å². The van der Waals surface area contributed by atoms with E-state index in [-0.39, 0.29) is 0 Å². The molecule has 0 radical (unpaired) electrons. The molecule has 1 nitrogen and oxygen atoms in total. The van der Waals surface area contributed by atoms with Crippen molar-refractivity contribution in [2.75, 3.05) is 0 Å². The van der Waals surface area contributed by atoms with Crippen molar-refractivity contribution >= 4 is 0 Å². The number of nitrogens with one attached hydrogen (secondary N) is 1. The molecule has 6 saturated carbocycles. The van der Waals surface area contributed by atoms with Gasteiger partial charge in [-0.25, -0.2) is 0 Å². The van der Waals surface area contributed by atoms with Crippen LogP contribution in [0.1, 0.15) is 72.1 Å². The van der Waals surface area contributed by atoms with Crippen LogP contribution in [0.5, 0.6) is 0 Å². The van der Waals surface area contributed by atoms with Crippen LogP contribution in [0.25, 0.3) is 0 Å². The van der Waals surface area contributed by atoms with Gasteiger partial charge < -0.3 is 5.32 Å². The Morgan fingerprint density at radius 2 is 1.48 bits per heavy atom. The first-order valence-corrected chi connectivity index (χ1v) is 9.72. The van der Waals surface area contributed by atoms with E-state index in [0.717, 1.165) is 41.7 Å². The Morgan fingerprint density at radius 3 is 2.00 bits per heavy atom. The Balaban J connectivity index is 1.40. The van der Waals surface area contributed by atoms with E-state index in [2.05, 4.69) is 26.1 Å². The van der Waals surface area contributed by atoms with Crippen LogP contribution < -0.4 is 5.32 Å². The van der Waals surface area contributed by atoms with Crippen LogP contribution in [-0.4, -0.2) is 12.1 Å². The van der Waals surface area contributed by atoms with Crippen molar-refractivity contribution in [2.45, 2.75) is 84.2 Å². The van der Waals surface area contributed by atoms with Crippen LogP contribution in [0.3, 0.4) is 0 Å². The molecule has 0 aliphatic heterocycles. The molecule has 6 aliphatic carbocycles. The van der Waals surface area contributed by atoms with Gasteiger partial charge in [0.25, 0.3) is 0 Å². The molecule has 118 valence electrons. The molecule has 6 fully saturated rings. The van der Waals surface area contributed by atoms with Gasteiger partial charge in [0.2, 0.25) is 0 Å². The van der Waals surface area contributed by atoms with E-state index in [9.17, 15) is 0 Å². The van der Waals surface area contributed by atoms with E-state index in [1.165, 1.54) is 19.3 Å². The molecule has 21 heavy (non-hydrogen) atoms. The van der Waals surface area contributed by atoms with Gasteiger partial charge in [0.1, 0.15) is 0 Å². The monoisotopic (exact) mass is 287 g/mol. The second-order valence-corrected chi connectivity index (χ2v) is 10.5. The van der Waals surface area contributed by atoms with Gasteiger partial charge in [-0.2, -0.15) is 0 Å². The lowest BCUT2D eigenvalue weighted by Gasteiger charge is -2.57. The molecule has 0 aromatic carbocycles. The third-order valence-electron chi connectivity index (χ3n) is 8.86. The normalized spacial score (nSPS) is 59.9. The highest BCUT2D eigenvalue weighted by Crippen LogP contribution is 2.63. The first-order chi connectivity index (χ1) is 9.96. The quantitative estimate of drug-likeness (QED) is 0.781. The molecule has 0 amide bonds. The minimum absolute atomic E-state index is 0.529. The second-order valence-electron chi connectivity index (χ2n) is 10.5. The first kappa shape index (κ1) is 13.4. The van der Waals surface area contributed by atoms with Crippen LogP contribution in [0.15, 0.2) is 0 Å². The largest absolute Gasteiger partial charge is 0.310 e. The molecule has 1 unspecified atom stereocenters. The van der Waals surface area contributed by atoms with Crippen molar-refractivity contribution in [3.63, 3.8) is 0 Å². The molecule has 0 aromatic rings. The summed E-state index contributed by atoms with van der Waals surface area (Å²) in [6.45, 7) is 7.72. The zero-order chi connectivity index (χ0) is 14.4. The van der Waals surface area contributed by atoms with Crippen molar-refractivity contribution in [1.29, 1.82) is 0 Å². The zero-order valence-electron chi connectivity index (χ0n) is 14.2. The van der Waals surface area contributed by atoms with Crippen molar-refractivity contribution in [3.8, 4) is 0 Å². The third-order valence-corrected chi connectivity index (χ3v) is 8.86. The van der Waals surface area contributed by atoms with Gasteiger partial charge in [-0.3, -0.25) is 0 Å². The summed E-state index contributed by atoms with van der Waals surface area (Å²) in [6, 6.07) is 1.66. The molecule has 3 atom stereocenters. The minimum Gasteiger partial charge on any atom is -0.310 e. The molecule has 0 spiro atoms. The van der Waals surface area contributed by atoms with Gasteiger partial charge in [-0.1, -0.05) is 20.8 Å². The van der Waals surface area contributed by atoms with Gasteiger partial charge in [0, 0.05) is 12.1 Å². The molecule has 6 aliphatic rings. The van der Waals surface area contributed by atoms with E-state index in [4.69, 9.17) is 0 Å². The fourth-order valence-corrected chi connectivity index (χ4v) is 8.11. The summed E-state index contributed by atoms with van der Waals surface area (Å²) in [5.74, 6) is 5.25. The molecule has 1 N–H and O–H groups in total. The molecule has 6 rings (SSSR count). The van der Waals surface area contributed by atoms with Crippen LogP contribution in [-0.2, 0) is 0 Å². The Kier molecular flexibility index (Phi) is 2.60. The number of hydrogen-bond acceptors (Lipinski definition) is 1. The average molecular weight is 287 g/mol. The topological polar surface area (TPSA) is 12.0 Å². The Labute approximate surface area is 130 Å². The predicted octanol–water partition coefficient (Wildman–Crippen LogP) is 4.62. The molecule has 0 heterocycles. The summed E-state index contributed by atoms with van der Waals surface area (Å²) in [7, 11) is 0. The lowest BCUT2D eigenvalue weighted by molar-refractivity contribution is -0.0343. The number of rotatable bonds is 2. The second kappa shape index (κ2) is 4.08. The number of fused-ring (bicyclic) bond motifs is 2. The fourth-order valence-electron chi connectivity index (χ4n) is 8.11. The SMILES string of the molecule is CC1(C)C(NC2C3CC4CC(C3)CC2C4)[C@]2(C)CC[C@H]1C2. The maximum atomic E-state index is 4.32. The van der Waals surface area contributed by atoms with Crippen LogP contribution >= 0.6 is 0 Å². The first-order valence-electron chi connectivity index (χ1n) is 9.72. The Morgan fingerprint density at radius 1 is 0.857 bits per heavy atom. The summed E-state index contributed by atoms with van der Waals surface area (Å²) < 4.78 is 0. The number of hydrogen-bond donors (Lipinski definition) is 1. The molecule has 0 aromatic heterocycles. The minimum atomic E-state index is 0.529. The molecular formula is C20H33N. The van der Waals surface area contributed by atoms with E-state index in [1.54, 1.807) is 32.1 Å². The van der Waals surface area contributed by atoms with Gasteiger partial charge in [0.05, 0.1) is 0 Å². The summed E-state index contributed by atoms with van der Waals surface area (Å²) in [6.07, 6.45) is 12.3. The van der Waals surface area contributed by atoms with Gasteiger partial charge in [0.15, 0.2) is 0 Å². The summed E-state index contributed by atoms with van der Waals surface area (Å²) in [4.78, 5) is 0. The van der Waals surface area contributed by atoms with E-state index in [0.29, 0.717) is 10.8 Å². The molecule has 6 bridgehead atoms. The Bertz CT molecular complexity index is 420. The summed E-state index contributed by atoms with van der Waals surface area (Å²) in [5, 5.41) is 4.32. The zero-order valence-corrected chi connectivity index (χ0v) is 14.2. The average Bonchev–Trinajstić information content (AvgIpc) is 2.87. The van der Waals surface area contributed by atoms with Gasteiger partial charge in [-0.15, -0.1) is 0 Å². The van der Waals surface area contributed by atoms with E-state index in [1.807, 2.05) is 0 Å². The molecule has 1 heteroatoms. The van der Waals surface area contributed by atoms with Crippen molar-refractivity contribution in [3.05, 3.63) is 0 Å². The van der Waals surface area contributed by atoms with Gasteiger partial charge >= 0.3 is 0 Å². The Hall–Kier alpha value is -0.0400. The summed E-state index contributed by atoms with van der Waals surface area (Å²) >= 11 is 0.